The average molecular weight is 703 g/mol. The molecule has 16 nitrogen and oxygen atoms in total. The van der Waals surface area contributed by atoms with Crippen LogP contribution in [0, 0.1) is 12.1 Å². The first-order chi connectivity index (χ1) is 22.5. The number of hydrazine groups is 1. The summed E-state index contributed by atoms with van der Waals surface area (Å²) in [6.07, 6.45) is -9.00. The molecule has 1 aromatic heterocycles. The van der Waals surface area contributed by atoms with E-state index in [0.717, 1.165) is 33.5 Å². The Hall–Kier alpha value is -5.11. The molecule has 262 valence electrons. The molecule has 0 radical (unpaired) electrons. The van der Waals surface area contributed by atoms with E-state index in [1.54, 1.807) is 42.8 Å². The molecule has 3 aromatic rings. The number of carbonyl (C=O) groups excluding carboxylic acids is 2. The fourth-order valence-electron chi connectivity index (χ4n) is 3.79. The summed E-state index contributed by atoms with van der Waals surface area (Å²) in [5.74, 6) is 0. The van der Waals surface area contributed by atoms with Crippen LogP contribution in [0.5, 0.6) is 0 Å². The zero-order valence-electron chi connectivity index (χ0n) is 26.1. The number of hydrogen-bond donors (Lipinski definition) is 2. The summed E-state index contributed by atoms with van der Waals surface area (Å²) in [6.45, 7) is 4.48. The van der Waals surface area contributed by atoms with Gasteiger partial charge in [0.15, 0.2) is 5.69 Å². The molecule has 20 heteroatoms. The maximum atomic E-state index is 13.5. The second-order valence-corrected chi connectivity index (χ2v) is 11.8. The molecule has 2 N–H and O–H groups in total. The third kappa shape index (κ3) is 10.7. The molecule has 48 heavy (non-hydrogen) atoms. The fourth-order valence-corrected chi connectivity index (χ4v) is 4.68. The van der Waals surface area contributed by atoms with Crippen LogP contribution in [0.1, 0.15) is 32.0 Å². The molecule has 1 unspecified atom stereocenters. The van der Waals surface area contributed by atoms with Gasteiger partial charge in [-0.1, -0.05) is 29.8 Å². The standard InChI is InChI=1S/C28H33F3N6O10S/c1-18(2)45-27(40)46-20(4)47-34-37(41)35(13-15-38)14-16-44-26(39)33-48(42,43)23-11-9-22(10-12-23)36-24(17-25(32-36)28(29,30)31)21-7-5-19(3)6-8-21/h5-12,17-18,20,38H,13-16H2,1-4H3,(H,33,39). The Morgan fingerprint density at radius 1 is 1.08 bits per heavy atom. The van der Waals surface area contributed by atoms with Crippen LogP contribution in [0.2, 0.25) is 0 Å². The first-order valence-electron chi connectivity index (χ1n) is 14.1. The summed E-state index contributed by atoms with van der Waals surface area (Å²) in [6, 6.07) is 12.1. The summed E-state index contributed by atoms with van der Waals surface area (Å²) < 4.78 is 83.1. The van der Waals surface area contributed by atoms with Gasteiger partial charge in [0.1, 0.15) is 19.7 Å². The number of amides is 1. The second-order valence-electron chi connectivity index (χ2n) is 10.1. The van der Waals surface area contributed by atoms with Crippen LogP contribution in [0.4, 0.5) is 22.8 Å². The lowest BCUT2D eigenvalue weighted by molar-refractivity contribution is -0.713. The van der Waals surface area contributed by atoms with E-state index in [-0.39, 0.29) is 29.4 Å². The lowest BCUT2D eigenvalue weighted by Crippen LogP contribution is -2.38. The van der Waals surface area contributed by atoms with E-state index < -0.39 is 64.6 Å². The number of nitrogens with one attached hydrogen (secondary N) is 1. The van der Waals surface area contributed by atoms with Gasteiger partial charge >= 0.3 is 18.4 Å². The van der Waals surface area contributed by atoms with Gasteiger partial charge in [0.2, 0.25) is 5.28 Å². The van der Waals surface area contributed by atoms with Crippen molar-refractivity contribution in [1.82, 2.24) is 19.5 Å². The molecule has 0 aliphatic carbocycles. The van der Waals surface area contributed by atoms with E-state index in [2.05, 4.69) is 10.4 Å². The second kappa shape index (κ2) is 16.1. The van der Waals surface area contributed by atoms with Crippen LogP contribution >= 0.6 is 0 Å². The van der Waals surface area contributed by atoms with Crippen LogP contribution < -0.4 is 4.72 Å². The SMILES string of the molecule is Cc1ccc(-c2cc(C(F)(F)F)nn2-c2ccc(S(=O)(=O)NC(=O)OCCN(CCO)[N+]([O-])=NOC(C)OC(=O)OC(C)C)cc2)cc1. The Morgan fingerprint density at radius 2 is 1.73 bits per heavy atom. The quantitative estimate of drug-likeness (QED) is 0.0796. The van der Waals surface area contributed by atoms with Crippen LogP contribution in [0.3, 0.4) is 0 Å². The Labute approximate surface area is 272 Å². The molecule has 3 rings (SSSR count). The predicted octanol–water partition coefficient (Wildman–Crippen LogP) is 4.29. The van der Waals surface area contributed by atoms with E-state index in [1.807, 2.05) is 6.92 Å². The predicted molar refractivity (Wildman–Crippen MR) is 158 cm³/mol. The summed E-state index contributed by atoms with van der Waals surface area (Å²) in [4.78, 5) is 27.9. The van der Waals surface area contributed by atoms with Gasteiger partial charge in [0.25, 0.3) is 16.3 Å². The molecule has 2 aromatic carbocycles. The number of carbonyl (C=O) groups is 2. The van der Waals surface area contributed by atoms with Gasteiger partial charge in [-0.2, -0.15) is 18.3 Å². The zero-order valence-corrected chi connectivity index (χ0v) is 26.9. The van der Waals surface area contributed by atoms with E-state index in [1.165, 1.54) is 19.1 Å². The highest BCUT2D eigenvalue weighted by atomic mass is 32.2. The minimum absolute atomic E-state index is 0.106. The van der Waals surface area contributed by atoms with Gasteiger partial charge < -0.3 is 24.5 Å². The molecule has 0 fully saturated rings. The van der Waals surface area contributed by atoms with Crippen molar-refractivity contribution < 1.29 is 60.3 Å². The fraction of sp³-hybridized carbons (Fsp3) is 0.393. The number of ether oxygens (including phenoxy) is 3. The highest BCUT2D eigenvalue weighted by Gasteiger charge is 2.35. The summed E-state index contributed by atoms with van der Waals surface area (Å²) in [5, 5.41) is 29.2. The van der Waals surface area contributed by atoms with Gasteiger partial charge in [-0.25, -0.2) is 27.4 Å². The van der Waals surface area contributed by atoms with Crippen molar-refractivity contribution in [1.29, 1.82) is 0 Å². The topological polar surface area (TPSA) is 197 Å². The van der Waals surface area contributed by atoms with Gasteiger partial charge in [0, 0.05) is 12.5 Å². The first-order valence-corrected chi connectivity index (χ1v) is 15.6. The van der Waals surface area contributed by atoms with Crippen molar-refractivity contribution in [3.8, 4) is 16.9 Å². The van der Waals surface area contributed by atoms with Crippen molar-refractivity contribution in [3.05, 3.63) is 71.1 Å². The third-order valence-electron chi connectivity index (χ3n) is 6.00. The molecule has 0 aliphatic rings. The number of sulfonamides is 1. The summed E-state index contributed by atoms with van der Waals surface area (Å²) >= 11 is 0. The number of hydrogen-bond acceptors (Lipinski definition) is 12. The van der Waals surface area contributed by atoms with Crippen molar-refractivity contribution in [3.63, 3.8) is 0 Å². The van der Waals surface area contributed by atoms with E-state index in [4.69, 9.17) is 19.0 Å². The molecular formula is C28H33F3N6O10S. The van der Waals surface area contributed by atoms with Crippen LogP contribution in [-0.2, 0) is 35.2 Å². The average Bonchev–Trinajstić information content (AvgIpc) is 3.46. The van der Waals surface area contributed by atoms with Crippen molar-refractivity contribution in [2.24, 2.45) is 5.28 Å². The smallest absolute Gasteiger partial charge is 0.511 e. The Balaban J connectivity index is 1.63. The Kier molecular flexibility index (Phi) is 12.6. The number of aliphatic hydroxyl groups excluding tert-OH is 1. The number of aryl methyl sites for hydroxylation is 1. The van der Waals surface area contributed by atoms with Crippen molar-refractivity contribution in [2.45, 2.75) is 51.2 Å². The largest absolute Gasteiger partial charge is 0.569 e. The number of benzene rings is 2. The summed E-state index contributed by atoms with van der Waals surface area (Å²) in [7, 11) is -4.51. The number of aromatic nitrogens is 2. The molecule has 0 saturated carbocycles. The van der Waals surface area contributed by atoms with Crippen LogP contribution in [0.25, 0.3) is 16.9 Å². The normalized spacial score (nSPS) is 12.7. The Bertz CT molecular complexity index is 1680. The molecular weight excluding hydrogens is 669 g/mol. The van der Waals surface area contributed by atoms with Gasteiger partial charge in [0.05, 0.1) is 34.0 Å². The molecule has 0 bridgehead atoms. The van der Waals surface area contributed by atoms with E-state index in [0.29, 0.717) is 5.56 Å². The molecule has 0 aliphatic heterocycles. The molecule has 1 amide bonds. The number of alkyl halides is 3. The number of nitrogens with zero attached hydrogens (tertiary/aromatic N) is 5. The van der Waals surface area contributed by atoms with E-state index in [9.17, 15) is 41.5 Å². The highest BCUT2D eigenvalue weighted by Crippen LogP contribution is 2.33. The molecule has 0 saturated heterocycles. The van der Waals surface area contributed by atoms with E-state index >= 15 is 0 Å². The lowest BCUT2D eigenvalue weighted by Gasteiger charge is -2.18. The first kappa shape index (κ1) is 37.3. The minimum atomic E-state index is -4.74. The zero-order chi connectivity index (χ0) is 35.6. The van der Waals surface area contributed by atoms with Gasteiger partial charge in [-0.3, -0.25) is 4.84 Å². The number of rotatable bonds is 14. The maximum Gasteiger partial charge on any atom is 0.511 e. The maximum absolute atomic E-state index is 13.5. The molecule has 1 atom stereocenters. The monoisotopic (exact) mass is 702 g/mol. The highest BCUT2D eigenvalue weighted by molar-refractivity contribution is 7.90. The lowest BCUT2D eigenvalue weighted by atomic mass is 10.1. The molecule has 1 heterocycles. The number of aliphatic hydroxyl groups is 1. The van der Waals surface area contributed by atoms with Crippen molar-refractivity contribution in [2.75, 3.05) is 26.3 Å². The minimum Gasteiger partial charge on any atom is -0.569 e. The van der Waals surface area contributed by atoms with Crippen molar-refractivity contribution >= 4 is 22.3 Å². The van der Waals surface area contributed by atoms with Crippen LogP contribution in [0.15, 0.2) is 64.8 Å². The number of halogens is 3. The van der Waals surface area contributed by atoms with Gasteiger partial charge in [-0.05, 0) is 51.1 Å². The Morgan fingerprint density at radius 3 is 2.31 bits per heavy atom. The molecule has 0 spiro atoms. The van der Waals surface area contributed by atoms with Crippen LogP contribution in [-0.4, -0.2) is 84.2 Å². The third-order valence-corrected chi connectivity index (χ3v) is 7.33. The van der Waals surface area contributed by atoms with Gasteiger partial charge in [-0.15, -0.1) is 5.01 Å². The summed E-state index contributed by atoms with van der Waals surface area (Å²) in [5.41, 5.74) is 0.404.